The summed E-state index contributed by atoms with van der Waals surface area (Å²) in [6.07, 6.45) is 1.95. The minimum Gasteiger partial charge on any atom is -0.464 e. The molecule has 0 fully saturated rings. The molecule has 1 aliphatic heterocycles. The highest BCUT2D eigenvalue weighted by Crippen LogP contribution is 2.22. The van der Waals surface area contributed by atoms with Crippen LogP contribution in [0.15, 0.2) is 68.8 Å². The molecule has 0 radical (unpaired) electrons. The fourth-order valence-electron chi connectivity index (χ4n) is 3.97. The molecule has 0 spiro atoms. The summed E-state index contributed by atoms with van der Waals surface area (Å²) in [5.74, 6) is 0.541. The minimum absolute atomic E-state index is 0.166. The van der Waals surface area contributed by atoms with Crippen molar-refractivity contribution < 1.29 is 9.34 Å². The maximum Gasteiger partial charge on any atom is 0.270 e. The smallest absolute Gasteiger partial charge is 0.270 e. The molecule has 0 saturated carbocycles. The summed E-state index contributed by atoms with van der Waals surface area (Å²) in [4.78, 5) is 45.6. The first-order valence-electron chi connectivity index (χ1n) is 10.1. The average Bonchev–Trinajstić information content (AvgIpc) is 2.81. The molecule has 9 nitrogen and oxygen atoms in total. The summed E-state index contributed by atoms with van der Waals surface area (Å²) in [6, 6.07) is 13.4. The zero-order valence-electron chi connectivity index (χ0n) is 16.9. The maximum absolute atomic E-state index is 12.9. The lowest BCUT2D eigenvalue weighted by molar-refractivity contribution is -0.384. The fraction of sp³-hybridized carbons (Fsp3) is 0.174. The Hall–Kier alpha value is -4.11. The van der Waals surface area contributed by atoms with Crippen LogP contribution in [0.2, 0.25) is 0 Å². The van der Waals surface area contributed by atoms with Crippen molar-refractivity contribution in [3.8, 4) is 11.4 Å². The zero-order chi connectivity index (χ0) is 22.2. The number of aromatic nitrogens is 2. The Labute approximate surface area is 181 Å². The van der Waals surface area contributed by atoms with Crippen LogP contribution in [0, 0.1) is 10.1 Å². The van der Waals surface area contributed by atoms with Gasteiger partial charge in [-0.3, -0.25) is 24.6 Å². The van der Waals surface area contributed by atoms with Crippen molar-refractivity contribution in [1.29, 1.82) is 0 Å². The Morgan fingerprint density at radius 2 is 1.97 bits per heavy atom. The molecule has 32 heavy (non-hydrogen) atoms. The van der Waals surface area contributed by atoms with E-state index in [-0.39, 0.29) is 28.6 Å². The summed E-state index contributed by atoms with van der Waals surface area (Å²) in [6.45, 7) is 1.23. The van der Waals surface area contributed by atoms with Gasteiger partial charge in [-0.25, -0.2) is 4.98 Å². The number of non-ortho nitro benzene ring substituents is 1. The number of aromatic amines is 1. The van der Waals surface area contributed by atoms with Gasteiger partial charge in [0.1, 0.15) is 11.4 Å². The summed E-state index contributed by atoms with van der Waals surface area (Å²) in [5, 5.41) is 11.2. The van der Waals surface area contributed by atoms with E-state index in [4.69, 9.17) is 4.42 Å². The molecular weight excluding hydrogens is 412 g/mol. The molecule has 0 saturated heterocycles. The number of nitrogens with zero attached hydrogens (tertiary/aromatic N) is 3. The molecule has 160 valence electrons. The van der Waals surface area contributed by atoms with Crippen molar-refractivity contribution in [1.82, 2.24) is 14.9 Å². The lowest BCUT2D eigenvalue weighted by Crippen LogP contribution is -2.36. The van der Waals surface area contributed by atoms with Gasteiger partial charge < -0.3 is 9.40 Å². The second kappa shape index (κ2) is 7.86. The van der Waals surface area contributed by atoms with E-state index in [1.807, 2.05) is 35.2 Å². The highest BCUT2D eigenvalue weighted by Gasteiger charge is 2.23. The molecule has 2 aromatic heterocycles. The summed E-state index contributed by atoms with van der Waals surface area (Å²) >= 11 is 0. The topological polar surface area (TPSA) is 122 Å². The molecule has 1 N–H and O–H groups in total. The number of nitrogens with one attached hydrogen (secondary N) is 1. The van der Waals surface area contributed by atoms with Crippen LogP contribution in [0.25, 0.3) is 22.4 Å². The largest absolute Gasteiger partial charge is 0.464 e. The molecule has 0 amide bonds. The number of fused-ring (bicyclic) bond motifs is 2. The van der Waals surface area contributed by atoms with Gasteiger partial charge in [-0.1, -0.05) is 30.3 Å². The van der Waals surface area contributed by atoms with E-state index >= 15 is 0 Å². The number of hydrogen-bond donors (Lipinski definition) is 1. The number of nitro benzene ring substituents is 1. The molecule has 3 heterocycles. The number of nitro groups is 1. The molecule has 4 aromatic rings. The highest BCUT2D eigenvalue weighted by molar-refractivity contribution is 5.79. The first kappa shape index (κ1) is 19.8. The van der Waals surface area contributed by atoms with Crippen molar-refractivity contribution >= 4 is 16.7 Å². The first-order valence-corrected chi connectivity index (χ1v) is 10.1. The van der Waals surface area contributed by atoms with E-state index in [1.165, 1.54) is 24.5 Å². The molecule has 0 atom stereocenters. The van der Waals surface area contributed by atoms with Crippen LogP contribution in [-0.4, -0.2) is 26.3 Å². The van der Waals surface area contributed by atoms with Crippen molar-refractivity contribution in [2.24, 2.45) is 0 Å². The predicted molar refractivity (Wildman–Crippen MR) is 117 cm³/mol. The average molecular weight is 430 g/mol. The van der Waals surface area contributed by atoms with Gasteiger partial charge in [0.2, 0.25) is 0 Å². The van der Waals surface area contributed by atoms with Crippen molar-refractivity contribution in [3.63, 3.8) is 0 Å². The van der Waals surface area contributed by atoms with Gasteiger partial charge in [-0.05, 0) is 6.07 Å². The molecular formula is C23H18N4O5. The number of H-pyrrole nitrogens is 1. The van der Waals surface area contributed by atoms with E-state index in [9.17, 15) is 19.7 Å². The third-order valence-electron chi connectivity index (χ3n) is 5.63. The van der Waals surface area contributed by atoms with Crippen LogP contribution in [0.1, 0.15) is 16.8 Å². The van der Waals surface area contributed by atoms with Gasteiger partial charge in [0.25, 0.3) is 11.2 Å². The maximum atomic E-state index is 12.9. The van der Waals surface area contributed by atoms with Gasteiger partial charge in [0.15, 0.2) is 5.43 Å². The Morgan fingerprint density at radius 3 is 2.75 bits per heavy atom. The Morgan fingerprint density at radius 1 is 1.16 bits per heavy atom. The molecule has 9 heteroatoms. The van der Waals surface area contributed by atoms with E-state index in [1.54, 1.807) is 0 Å². The third-order valence-corrected chi connectivity index (χ3v) is 5.63. The molecule has 0 aliphatic carbocycles. The summed E-state index contributed by atoms with van der Waals surface area (Å²) in [5.41, 5.74) is 2.18. The lowest BCUT2D eigenvalue weighted by atomic mass is 10.1. The minimum atomic E-state index is -0.546. The monoisotopic (exact) mass is 430 g/mol. The highest BCUT2D eigenvalue weighted by atomic mass is 16.6. The molecule has 0 bridgehead atoms. The fourth-order valence-corrected chi connectivity index (χ4v) is 3.97. The van der Waals surface area contributed by atoms with Gasteiger partial charge in [-0.15, -0.1) is 0 Å². The van der Waals surface area contributed by atoms with Crippen LogP contribution in [0.5, 0.6) is 0 Å². The van der Waals surface area contributed by atoms with Crippen LogP contribution < -0.4 is 11.0 Å². The quantitative estimate of drug-likeness (QED) is 0.390. The van der Waals surface area contributed by atoms with E-state index in [0.29, 0.717) is 42.0 Å². The predicted octanol–water partition coefficient (Wildman–Crippen LogP) is 3.01. The number of hydrogen-bond acceptors (Lipinski definition) is 7. The summed E-state index contributed by atoms with van der Waals surface area (Å²) < 4.78 is 5.53. The van der Waals surface area contributed by atoms with Crippen LogP contribution in [-0.2, 0) is 19.5 Å². The van der Waals surface area contributed by atoms with Gasteiger partial charge in [0, 0.05) is 49.3 Å². The second-order valence-electron chi connectivity index (χ2n) is 7.69. The van der Waals surface area contributed by atoms with E-state index in [2.05, 4.69) is 9.97 Å². The van der Waals surface area contributed by atoms with Gasteiger partial charge in [-0.2, -0.15) is 0 Å². The summed E-state index contributed by atoms with van der Waals surface area (Å²) in [7, 11) is 0. The van der Waals surface area contributed by atoms with Crippen molar-refractivity contribution in [3.05, 3.63) is 102 Å². The van der Waals surface area contributed by atoms with E-state index < -0.39 is 4.92 Å². The second-order valence-corrected chi connectivity index (χ2v) is 7.69. The Balaban J connectivity index is 1.43. The normalized spacial score (nSPS) is 13.8. The van der Waals surface area contributed by atoms with Gasteiger partial charge >= 0.3 is 0 Å². The first-order chi connectivity index (χ1) is 15.5. The number of rotatable bonds is 4. The van der Waals surface area contributed by atoms with Crippen LogP contribution in [0.3, 0.4) is 0 Å². The molecule has 0 unspecified atom stereocenters. The number of benzene rings is 2. The zero-order valence-corrected chi connectivity index (χ0v) is 16.9. The Kier molecular flexibility index (Phi) is 4.87. The molecule has 1 aliphatic rings. The van der Waals surface area contributed by atoms with Crippen LogP contribution >= 0.6 is 0 Å². The van der Waals surface area contributed by atoms with Crippen molar-refractivity contribution in [2.45, 2.75) is 19.5 Å². The SMILES string of the molecule is O=c1[nH]c(-c2ccccc2)nc2c1CN(Cc1coc3ccc([N+](=O)[O-])cc3c1=O)CC2. The Bertz CT molecular complexity index is 1460. The third kappa shape index (κ3) is 3.58. The molecule has 5 rings (SSSR count). The standard InChI is InChI=1S/C23H18N4O5/c28-21-15(13-32-20-7-6-16(27(30)31)10-17(20)21)11-26-9-8-19-18(12-26)23(29)25-22(24-19)14-4-2-1-3-5-14/h1-7,10,13H,8-9,11-12H2,(H,24,25,29). The lowest BCUT2D eigenvalue weighted by Gasteiger charge is -2.27. The van der Waals surface area contributed by atoms with Crippen LogP contribution in [0.4, 0.5) is 5.69 Å². The van der Waals surface area contributed by atoms with Gasteiger partial charge in [0.05, 0.1) is 27.8 Å². The van der Waals surface area contributed by atoms with Crippen molar-refractivity contribution in [2.75, 3.05) is 6.54 Å². The van der Waals surface area contributed by atoms with E-state index in [0.717, 1.165) is 11.3 Å². The molecule has 2 aromatic carbocycles.